The molecule has 182 valence electrons. The lowest BCUT2D eigenvalue weighted by molar-refractivity contribution is -0.384. The summed E-state index contributed by atoms with van der Waals surface area (Å²) >= 11 is 1.47. The Hall–Kier alpha value is -3.43. The monoisotopic (exact) mass is 491 g/mol. The number of anilines is 2. The maximum absolute atomic E-state index is 12.7. The number of carbonyl (C=O) groups excluding carboxylic acids is 1. The fourth-order valence-electron chi connectivity index (χ4n) is 4.83. The minimum absolute atomic E-state index is 0.0809. The molecule has 3 heterocycles. The summed E-state index contributed by atoms with van der Waals surface area (Å²) in [6, 6.07) is 19.6. The van der Waals surface area contributed by atoms with Gasteiger partial charge >= 0.3 is 0 Å². The first-order chi connectivity index (χ1) is 17.1. The van der Waals surface area contributed by atoms with Crippen LogP contribution in [0.3, 0.4) is 0 Å². The Morgan fingerprint density at radius 1 is 0.857 bits per heavy atom. The third-order valence-corrected chi connectivity index (χ3v) is 7.64. The molecule has 9 heteroatoms. The first-order valence-corrected chi connectivity index (χ1v) is 12.8. The molecule has 0 bridgehead atoms. The lowest BCUT2D eigenvalue weighted by Crippen LogP contribution is -2.49. The standard InChI is InChI=1S/C26H29N5O3S/c32-26(25-7-4-18-35-25)30-16-14-28(15-17-30)22-8-9-23(31(33)34)24(19-22)29-12-10-27(11-13-29)20-21-5-2-1-3-6-21/h1-9,18-19H,10-17,20H2. The number of nitrogens with zero attached hydrogens (tertiary/aromatic N) is 5. The number of hydrogen-bond acceptors (Lipinski definition) is 7. The van der Waals surface area contributed by atoms with Gasteiger partial charge in [-0.1, -0.05) is 36.4 Å². The molecule has 0 radical (unpaired) electrons. The van der Waals surface area contributed by atoms with Crippen molar-refractivity contribution in [3.8, 4) is 0 Å². The van der Waals surface area contributed by atoms with Gasteiger partial charge in [-0.15, -0.1) is 11.3 Å². The lowest BCUT2D eigenvalue weighted by Gasteiger charge is -2.38. The predicted molar refractivity (Wildman–Crippen MR) is 139 cm³/mol. The van der Waals surface area contributed by atoms with Crippen LogP contribution in [0.1, 0.15) is 15.2 Å². The molecule has 0 spiro atoms. The molecule has 2 saturated heterocycles. The number of hydrogen-bond donors (Lipinski definition) is 0. The molecule has 5 rings (SSSR count). The summed E-state index contributed by atoms with van der Waals surface area (Å²) in [6.07, 6.45) is 0. The van der Waals surface area contributed by atoms with Crippen LogP contribution in [-0.4, -0.2) is 73.0 Å². The summed E-state index contributed by atoms with van der Waals surface area (Å²) in [5.41, 5.74) is 3.09. The van der Waals surface area contributed by atoms with Gasteiger partial charge in [0.15, 0.2) is 0 Å². The average molecular weight is 492 g/mol. The number of benzene rings is 2. The fraction of sp³-hybridized carbons (Fsp3) is 0.346. The highest BCUT2D eigenvalue weighted by Crippen LogP contribution is 2.34. The molecule has 1 aromatic heterocycles. The summed E-state index contributed by atoms with van der Waals surface area (Å²) in [6.45, 7) is 6.81. The van der Waals surface area contributed by atoms with Gasteiger partial charge in [-0.3, -0.25) is 19.8 Å². The summed E-state index contributed by atoms with van der Waals surface area (Å²) in [5.74, 6) is 0.0809. The van der Waals surface area contributed by atoms with E-state index in [1.165, 1.54) is 16.9 Å². The Bertz CT molecular complexity index is 1150. The summed E-state index contributed by atoms with van der Waals surface area (Å²) in [7, 11) is 0. The SMILES string of the molecule is O=C(c1cccs1)N1CCN(c2ccc([N+](=O)[O-])c(N3CCN(Cc4ccccc4)CC3)c2)CC1. The highest BCUT2D eigenvalue weighted by molar-refractivity contribution is 7.12. The molecular formula is C26H29N5O3S. The van der Waals surface area contributed by atoms with Crippen molar-refractivity contribution in [2.45, 2.75) is 6.54 Å². The third kappa shape index (κ3) is 5.31. The van der Waals surface area contributed by atoms with Crippen molar-refractivity contribution in [1.82, 2.24) is 9.80 Å². The number of carbonyl (C=O) groups is 1. The van der Waals surface area contributed by atoms with Gasteiger partial charge in [0.05, 0.1) is 9.80 Å². The zero-order chi connectivity index (χ0) is 24.2. The van der Waals surface area contributed by atoms with Crippen LogP contribution in [0.4, 0.5) is 17.1 Å². The van der Waals surface area contributed by atoms with E-state index in [1.54, 1.807) is 6.07 Å². The van der Waals surface area contributed by atoms with E-state index in [-0.39, 0.29) is 16.5 Å². The van der Waals surface area contributed by atoms with Gasteiger partial charge in [-0.25, -0.2) is 0 Å². The molecule has 2 fully saturated rings. The molecule has 0 atom stereocenters. The van der Waals surface area contributed by atoms with E-state index >= 15 is 0 Å². The van der Waals surface area contributed by atoms with E-state index in [1.807, 2.05) is 40.6 Å². The number of thiophene rings is 1. The van der Waals surface area contributed by atoms with Gasteiger partial charge in [0.2, 0.25) is 0 Å². The van der Waals surface area contributed by atoms with E-state index in [9.17, 15) is 14.9 Å². The number of amides is 1. The molecule has 8 nitrogen and oxygen atoms in total. The second-order valence-corrected chi connectivity index (χ2v) is 9.88. The van der Waals surface area contributed by atoms with Crippen LogP contribution in [-0.2, 0) is 6.54 Å². The Labute approximate surface area is 209 Å². The predicted octanol–water partition coefficient (Wildman–Crippen LogP) is 3.94. The van der Waals surface area contributed by atoms with E-state index in [0.29, 0.717) is 31.9 Å². The maximum Gasteiger partial charge on any atom is 0.292 e. The second kappa shape index (κ2) is 10.5. The van der Waals surface area contributed by atoms with Gasteiger partial charge in [0.1, 0.15) is 5.69 Å². The van der Waals surface area contributed by atoms with E-state index in [0.717, 1.165) is 43.3 Å². The van der Waals surface area contributed by atoms with E-state index in [2.05, 4.69) is 39.0 Å². The highest BCUT2D eigenvalue weighted by atomic mass is 32.1. The van der Waals surface area contributed by atoms with Crippen molar-refractivity contribution in [3.63, 3.8) is 0 Å². The zero-order valence-electron chi connectivity index (χ0n) is 19.6. The van der Waals surface area contributed by atoms with Gasteiger partial charge < -0.3 is 14.7 Å². The van der Waals surface area contributed by atoms with E-state index in [4.69, 9.17) is 0 Å². The van der Waals surface area contributed by atoms with Crippen molar-refractivity contribution in [3.05, 3.63) is 86.6 Å². The lowest BCUT2D eigenvalue weighted by atomic mass is 10.1. The molecular weight excluding hydrogens is 462 g/mol. The first kappa shape index (κ1) is 23.3. The smallest absolute Gasteiger partial charge is 0.292 e. The molecule has 1 amide bonds. The topological polar surface area (TPSA) is 73.2 Å². The number of nitro benzene ring substituents is 1. The molecule has 0 aliphatic carbocycles. The molecule has 0 unspecified atom stereocenters. The van der Waals surface area contributed by atoms with Crippen LogP contribution >= 0.6 is 11.3 Å². The van der Waals surface area contributed by atoms with Crippen LogP contribution in [0, 0.1) is 10.1 Å². The van der Waals surface area contributed by atoms with Gasteiger partial charge in [0, 0.05) is 70.7 Å². The van der Waals surface area contributed by atoms with Crippen LogP contribution in [0.2, 0.25) is 0 Å². The molecule has 0 N–H and O–H groups in total. The Kier molecular flexibility index (Phi) is 6.96. The molecule has 3 aromatic rings. The largest absolute Gasteiger partial charge is 0.368 e. The Balaban J connectivity index is 1.25. The minimum Gasteiger partial charge on any atom is -0.368 e. The third-order valence-electron chi connectivity index (χ3n) is 6.78. The van der Waals surface area contributed by atoms with Crippen LogP contribution in [0.25, 0.3) is 0 Å². The quantitative estimate of drug-likeness (QED) is 0.384. The molecule has 2 aliphatic rings. The Morgan fingerprint density at radius 2 is 1.57 bits per heavy atom. The molecule has 2 aromatic carbocycles. The second-order valence-electron chi connectivity index (χ2n) is 8.94. The highest BCUT2D eigenvalue weighted by Gasteiger charge is 2.27. The average Bonchev–Trinajstić information content (AvgIpc) is 3.44. The van der Waals surface area contributed by atoms with Crippen molar-refractivity contribution in [2.24, 2.45) is 0 Å². The Morgan fingerprint density at radius 3 is 2.23 bits per heavy atom. The fourth-order valence-corrected chi connectivity index (χ4v) is 5.52. The molecule has 0 saturated carbocycles. The normalized spacial score (nSPS) is 17.0. The van der Waals surface area contributed by atoms with Crippen LogP contribution in [0.15, 0.2) is 66.0 Å². The number of rotatable bonds is 6. The van der Waals surface area contributed by atoms with Crippen molar-refractivity contribution in [1.29, 1.82) is 0 Å². The summed E-state index contributed by atoms with van der Waals surface area (Å²) in [4.78, 5) is 33.6. The van der Waals surface area contributed by atoms with Crippen molar-refractivity contribution >= 4 is 34.3 Å². The summed E-state index contributed by atoms with van der Waals surface area (Å²) < 4.78 is 0. The van der Waals surface area contributed by atoms with Crippen LogP contribution < -0.4 is 9.80 Å². The van der Waals surface area contributed by atoms with E-state index < -0.39 is 0 Å². The molecule has 35 heavy (non-hydrogen) atoms. The molecule has 2 aliphatic heterocycles. The van der Waals surface area contributed by atoms with Crippen molar-refractivity contribution < 1.29 is 9.72 Å². The van der Waals surface area contributed by atoms with Crippen LogP contribution in [0.5, 0.6) is 0 Å². The zero-order valence-corrected chi connectivity index (χ0v) is 20.4. The summed E-state index contributed by atoms with van der Waals surface area (Å²) in [5, 5.41) is 13.7. The first-order valence-electron chi connectivity index (χ1n) is 12.0. The van der Waals surface area contributed by atoms with Gasteiger partial charge in [-0.05, 0) is 29.1 Å². The van der Waals surface area contributed by atoms with Gasteiger partial charge in [0.25, 0.3) is 11.6 Å². The van der Waals surface area contributed by atoms with Gasteiger partial charge in [-0.2, -0.15) is 0 Å². The number of nitro groups is 1. The minimum atomic E-state index is -0.285. The maximum atomic E-state index is 12.7. The van der Waals surface area contributed by atoms with Crippen molar-refractivity contribution in [2.75, 3.05) is 62.2 Å². The number of piperazine rings is 2.